The number of hydrogen-bond acceptors (Lipinski definition) is 2. The highest BCUT2D eigenvalue weighted by Crippen LogP contribution is 2.52. The number of hydrogen-bond donors (Lipinski definition) is 0. The quantitative estimate of drug-likeness (QED) is 0.481. The highest BCUT2D eigenvalue weighted by Gasteiger charge is 2.50. The number of fused-ring (bicyclic) bond motifs is 2. The van der Waals surface area contributed by atoms with Crippen molar-refractivity contribution < 1.29 is 9.53 Å². The molecule has 0 saturated heterocycles. The highest BCUT2D eigenvalue weighted by molar-refractivity contribution is 5.81. The Kier molecular flexibility index (Phi) is 1.94. The fourth-order valence-corrected chi connectivity index (χ4v) is 2.95. The SMILES string of the molecule is C=CC(=O)OC1(C)CC2CCC1C2. The standard InChI is InChI=1S/C11H16O2/c1-3-10(12)13-11(2)7-8-4-5-9(11)6-8/h3,8-9H,1,4-7H2,2H3. The molecule has 2 aliphatic carbocycles. The molecule has 2 nitrogen and oxygen atoms in total. The van der Waals surface area contributed by atoms with E-state index < -0.39 is 0 Å². The molecule has 2 heteroatoms. The van der Waals surface area contributed by atoms with Gasteiger partial charge < -0.3 is 4.74 Å². The molecule has 2 rings (SSSR count). The van der Waals surface area contributed by atoms with Gasteiger partial charge >= 0.3 is 5.97 Å². The molecule has 0 amide bonds. The van der Waals surface area contributed by atoms with Crippen molar-refractivity contribution in [3.63, 3.8) is 0 Å². The molecular formula is C11H16O2. The largest absolute Gasteiger partial charge is 0.456 e. The minimum absolute atomic E-state index is 0.186. The van der Waals surface area contributed by atoms with Gasteiger partial charge in [0.1, 0.15) is 5.60 Å². The van der Waals surface area contributed by atoms with E-state index in [1.807, 2.05) is 0 Å². The van der Waals surface area contributed by atoms with Crippen LogP contribution in [-0.2, 0) is 9.53 Å². The van der Waals surface area contributed by atoms with Crippen LogP contribution < -0.4 is 0 Å². The molecule has 0 spiro atoms. The van der Waals surface area contributed by atoms with E-state index in [1.165, 1.54) is 25.3 Å². The Labute approximate surface area is 79.0 Å². The lowest BCUT2D eigenvalue weighted by Gasteiger charge is -2.33. The fourth-order valence-electron chi connectivity index (χ4n) is 2.95. The van der Waals surface area contributed by atoms with Crippen LogP contribution in [0.4, 0.5) is 0 Å². The second kappa shape index (κ2) is 2.86. The Hall–Kier alpha value is -0.790. The summed E-state index contributed by atoms with van der Waals surface area (Å²) in [6, 6.07) is 0. The first-order valence-corrected chi connectivity index (χ1v) is 4.99. The first kappa shape index (κ1) is 8.79. The molecular weight excluding hydrogens is 164 g/mol. The van der Waals surface area contributed by atoms with Crippen molar-refractivity contribution in [3.8, 4) is 0 Å². The van der Waals surface area contributed by atoms with E-state index in [0.29, 0.717) is 5.92 Å². The van der Waals surface area contributed by atoms with E-state index in [0.717, 1.165) is 12.3 Å². The Morgan fingerprint density at radius 1 is 1.62 bits per heavy atom. The molecule has 3 unspecified atom stereocenters. The van der Waals surface area contributed by atoms with Crippen LogP contribution in [0.5, 0.6) is 0 Å². The number of ether oxygens (including phenoxy) is 1. The molecule has 2 fully saturated rings. The monoisotopic (exact) mass is 180 g/mol. The molecule has 2 saturated carbocycles. The zero-order chi connectivity index (χ0) is 9.47. The van der Waals surface area contributed by atoms with E-state index in [-0.39, 0.29) is 11.6 Å². The van der Waals surface area contributed by atoms with Gasteiger partial charge in [-0.2, -0.15) is 0 Å². The molecule has 0 aromatic carbocycles. The van der Waals surface area contributed by atoms with Gasteiger partial charge in [-0.3, -0.25) is 0 Å². The van der Waals surface area contributed by atoms with E-state index in [9.17, 15) is 4.79 Å². The molecule has 0 aliphatic heterocycles. The first-order valence-electron chi connectivity index (χ1n) is 4.99. The van der Waals surface area contributed by atoms with Gasteiger partial charge in [-0.25, -0.2) is 4.79 Å². The number of carbonyl (C=O) groups excluding carboxylic acids is 1. The summed E-state index contributed by atoms with van der Waals surface area (Å²) in [4.78, 5) is 11.1. The van der Waals surface area contributed by atoms with Crippen molar-refractivity contribution in [2.75, 3.05) is 0 Å². The lowest BCUT2D eigenvalue weighted by atomic mass is 9.86. The van der Waals surface area contributed by atoms with Gasteiger partial charge in [0.15, 0.2) is 0 Å². The van der Waals surface area contributed by atoms with E-state index in [4.69, 9.17) is 4.74 Å². The third-order valence-electron chi connectivity index (χ3n) is 3.60. The maximum absolute atomic E-state index is 11.1. The van der Waals surface area contributed by atoms with Crippen LogP contribution in [-0.4, -0.2) is 11.6 Å². The lowest BCUT2D eigenvalue weighted by Crippen LogP contribution is -2.36. The molecule has 0 heterocycles. The van der Waals surface area contributed by atoms with Crippen LogP contribution in [0.1, 0.15) is 32.6 Å². The van der Waals surface area contributed by atoms with Crippen molar-refractivity contribution in [2.24, 2.45) is 11.8 Å². The third-order valence-corrected chi connectivity index (χ3v) is 3.60. The van der Waals surface area contributed by atoms with Crippen molar-refractivity contribution in [1.82, 2.24) is 0 Å². The minimum Gasteiger partial charge on any atom is -0.456 e. The molecule has 3 atom stereocenters. The Morgan fingerprint density at radius 3 is 2.85 bits per heavy atom. The Morgan fingerprint density at radius 2 is 2.38 bits per heavy atom. The molecule has 13 heavy (non-hydrogen) atoms. The highest BCUT2D eigenvalue weighted by atomic mass is 16.6. The predicted molar refractivity (Wildman–Crippen MR) is 50.1 cm³/mol. The molecule has 0 aromatic heterocycles. The van der Waals surface area contributed by atoms with Crippen molar-refractivity contribution >= 4 is 5.97 Å². The second-order valence-corrected chi connectivity index (χ2v) is 4.52. The third kappa shape index (κ3) is 1.38. The molecule has 0 aromatic rings. The summed E-state index contributed by atoms with van der Waals surface area (Å²) in [5.41, 5.74) is -0.186. The van der Waals surface area contributed by atoms with Gasteiger partial charge in [-0.15, -0.1) is 0 Å². The summed E-state index contributed by atoms with van der Waals surface area (Å²) in [5.74, 6) is 1.13. The Balaban J connectivity index is 2.05. The number of rotatable bonds is 2. The zero-order valence-electron chi connectivity index (χ0n) is 8.08. The minimum atomic E-state index is -0.268. The van der Waals surface area contributed by atoms with E-state index in [1.54, 1.807) is 0 Å². The van der Waals surface area contributed by atoms with E-state index in [2.05, 4.69) is 13.5 Å². The average molecular weight is 180 g/mol. The summed E-state index contributed by atoms with van der Waals surface area (Å²) in [6.45, 7) is 5.49. The smallest absolute Gasteiger partial charge is 0.330 e. The summed E-state index contributed by atoms with van der Waals surface area (Å²) >= 11 is 0. The predicted octanol–water partition coefficient (Wildman–Crippen LogP) is 2.29. The van der Waals surface area contributed by atoms with Crippen molar-refractivity contribution in [2.45, 2.75) is 38.2 Å². The topological polar surface area (TPSA) is 26.3 Å². The van der Waals surface area contributed by atoms with Gasteiger partial charge in [0.25, 0.3) is 0 Å². The van der Waals surface area contributed by atoms with Crippen molar-refractivity contribution in [1.29, 1.82) is 0 Å². The van der Waals surface area contributed by atoms with Crippen LogP contribution in [0.25, 0.3) is 0 Å². The summed E-state index contributed by atoms with van der Waals surface area (Å²) in [5, 5.41) is 0. The summed E-state index contributed by atoms with van der Waals surface area (Å²) in [7, 11) is 0. The van der Waals surface area contributed by atoms with E-state index >= 15 is 0 Å². The molecule has 2 bridgehead atoms. The second-order valence-electron chi connectivity index (χ2n) is 4.52. The van der Waals surface area contributed by atoms with Crippen LogP contribution in [0, 0.1) is 11.8 Å². The van der Waals surface area contributed by atoms with Crippen LogP contribution in [0.2, 0.25) is 0 Å². The Bertz CT molecular complexity index is 246. The fraction of sp³-hybridized carbons (Fsp3) is 0.727. The normalized spacial score (nSPS) is 41.9. The first-order chi connectivity index (χ1) is 6.14. The van der Waals surface area contributed by atoms with Crippen molar-refractivity contribution in [3.05, 3.63) is 12.7 Å². The summed E-state index contributed by atoms with van der Waals surface area (Å²) < 4.78 is 5.42. The van der Waals surface area contributed by atoms with Crippen LogP contribution in [0.3, 0.4) is 0 Å². The number of esters is 1. The zero-order valence-corrected chi connectivity index (χ0v) is 8.08. The number of carbonyl (C=O) groups is 1. The van der Waals surface area contributed by atoms with Gasteiger partial charge in [-0.1, -0.05) is 6.58 Å². The van der Waals surface area contributed by atoms with Gasteiger partial charge in [-0.05, 0) is 44.4 Å². The average Bonchev–Trinajstić information content (AvgIpc) is 2.62. The maximum atomic E-state index is 11.1. The molecule has 0 N–H and O–H groups in total. The van der Waals surface area contributed by atoms with Gasteiger partial charge in [0.05, 0.1) is 0 Å². The van der Waals surface area contributed by atoms with Crippen LogP contribution in [0.15, 0.2) is 12.7 Å². The summed E-state index contributed by atoms with van der Waals surface area (Å²) in [6.07, 6.45) is 6.12. The van der Waals surface area contributed by atoms with Gasteiger partial charge in [0, 0.05) is 6.08 Å². The molecule has 2 aliphatic rings. The molecule has 72 valence electrons. The molecule has 0 radical (unpaired) electrons. The maximum Gasteiger partial charge on any atom is 0.330 e. The van der Waals surface area contributed by atoms with Crippen LogP contribution >= 0.6 is 0 Å². The van der Waals surface area contributed by atoms with Gasteiger partial charge in [0.2, 0.25) is 0 Å². The lowest BCUT2D eigenvalue weighted by molar-refractivity contribution is -0.156.